The highest BCUT2D eigenvalue weighted by Crippen LogP contribution is 2.30. The van der Waals surface area contributed by atoms with E-state index < -0.39 is 0 Å². The summed E-state index contributed by atoms with van der Waals surface area (Å²) in [5, 5.41) is 6.50. The highest BCUT2D eigenvalue weighted by atomic mass is 19.1. The molecule has 0 radical (unpaired) electrons. The summed E-state index contributed by atoms with van der Waals surface area (Å²) in [4.78, 5) is 44.3. The van der Waals surface area contributed by atoms with E-state index in [1.807, 2.05) is 60.7 Å². The molecule has 0 fully saturated rings. The standard InChI is InChI=1S/2C25H24FN5O/c2*1-31-24(32)22(18-7-9-20(26)10-8-18)23(19-11-14-28-15-12-19)30-25(31)29-16-13-21(27)17-5-3-2-4-6-17/h2*2-12,14-15,21H,13,16,27H2,1H3,(H,29,30)/t2*21-/m10/s1. The van der Waals surface area contributed by atoms with E-state index in [-0.39, 0.29) is 34.8 Å². The van der Waals surface area contributed by atoms with E-state index in [4.69, 9.17) is 21.4 Å². The van der Waals surface area contributed by atoms with E-state index in [0.29, 0.717) is 71.5 Å². The summed E-state index contributed by atoms with van der Waals surface area (Å²) in [6.45, 7) is 1.09. The summed E-state index contributed by atoms with van der Waals surface area (Å²) >= 11 is 0. The Hall–Kier alpha value is -7.68. The molecule has 14 heteroatoms. The Labute approximate surface area is 369 Å². The molecule has 4 aromatic carbocycles. The average Bonchev–Trinajstić information content (AvgIpc) is 3.33. The van der Waals surface area contributed by atoms with Crippen LogP contribution in [0.25, 0.3) is 44.8 Å². The summed E-state index contributed by atoms with van der Waals surface area (Å²) in [5.74, 6) is 0.148. The van der Waals surface area contributed by atoms with Crippen molar-refractivity contribution in [3.05, 3.63) is 202 Å². The van der Waals surface area contributed by atoms with Crippen molar-refractivity contribution in [3.63, 3.8) is 0 Å². The number of pyridine rings is 2. The monoisotopic (exact) mass is 858 g/mol. The van der Waals surface area contributed by atoms with Crippen molar-refractivity contribution in [1.29, 1.82) is 0 Å². The third kappa shape index (κ3) is 10.7. The Morgan fingerprint density at radius 2 is 0.844 bits per heavy atom. The molecule has 0 unspecified atom stereocenters. The summed E-state index contributed by atoms with van der Waals surface area (Å²) < 4.78 is 29.9. The molecule has 0 aliphatic rings. The molecule has 64 heavy (non-hydrogen) atoms. The molecule has 0 amide bonds. The van der Waals surface area contributed by atoms with Gasteiger partial charge < -0.3 is 22.1 Å². The van der Waals surface area contributed by atoms with Gasteiger partial charge in [0.1, 0.15) is 11.6 Å². The van der Waals surface area contributed by atoms with E-state index in [1.165, 1.54) is 33.4 Å². The maximum Gasteiger partial charge on any atom is 0.263 e. The van der Waals surface area contributed by atoms with E-state index in [0.717, 1.165) is 22.3 Å². The number of halogens is 2. The predicted molar refractivity (Wildman–Crippen MR) is 249 cm³/mol. The first-order valence-corrected chi connectivity index (χ1v) is 20.7. The van der Waals surface area contributed by atoms with Gasteiger partial charge in [-0.1, -0.05) is 84.9 Å². The van der Waals surface area contributed by atoms with Gasteiger partial charge in [0.25, 0.3) is 11.1 Å². The fraction of sp³-hybridized carbons (Fsp3) is 0.160. The highest BCUT2D eigenvalue weighted by Gasteiger charge is 2.20. The number of nitrogens with one attached hydrogen (secondary N) is 2. The van der Waals surface area contributed by atoms with Crippen molar-refractivity contribution in [2.45, 2.75) is 24.9 Å². The van der Waals surface area contributed by atoms with Gasteiger partial charge in [0.05, 0.1) is 22.5 Å². The molecule has 8 aromatic rings. The normalized spacial score (nSPS) is 11.8. The third-order valence-electron chi connectivity index (χ3n) is 10.7. The maximum absolute atomic E-state index is 13.5. The summed E-state index contributed by atoms with van der Waals surface area (Å²) in [6.07, 6.45) is 7.93. The first-order valence-electron chi connectivity index (χ1n) is 20.7. The lowest BCUT2D eigenvalue weighted by atomic mass is 10.0. The van der Waals surface area contributed by atoms with Crippen LogP contribution in [0.3, 0.4) is 0 Å². The second-order valence-corrected chi connectivity index (χ2v) is 15.0. The summed E-state index contributed by atoms with van der Waals surface area (Å²) in [7, 11) is 3.33. The van der Waals surface area contributed by atoms with Crippen molar-refractivity contribution in [2.24, 2.45) is 25.6 Å². The van der Waals surface area contributed by atoms with Gasteiger partial charge in [-0.05, 0) is 83.6 Å². The summed E-state index contributed by atoms with van der Waals surface area (Å²) in [5.41, 5.74) is 18.8. The first kappa shape index (κ1) is 44.4. The fourth-order valence-corrected chi connectivity index (χ4v) is 7.12. The largest absolute Gasteiger partial charge is 0.355 e. The molecule has 0 spiro atoms. The second-order valence-electron chi connectivity index (χ2n) is 15.0. The van der Waals surface area contributed by atoms with E-state index in [2.05, 4.69) is 20.6 Å². The zero-order valence-corrected chi connectivity index (χ0v) is 35.4. The van der Waals surface area contributed by atoms with Crippen LogP contribution in [0.4, 0.5) is 20.7 Å². The third-order valence-corrected chi connectivity index (χ3v) is 10.7. The van der Waals surface area contributed by atoms with Gasteiger partial charge in [0, 0.05) is 75.2 Å². The molecule has 2 atom stereocenters. The Morgan fingerprint density at radius 3 is 1.19 bits per heavy atom. The number of nitrogens with zero attached hydrogens (tertiary/aromatic N) is 6. The van der Waals surface area contributed by atoms with Crippen LogP contribution < -0.4 is 33.2 Å². The molecule has 8 rings (SSSR count). The van der Waals surface area contributed by atoms with Crippen molar-refractivity contribution in [3.8, 4) is 44.8 Å². The minimum absolute atomic E-state index is 0.126. The number of aromatic nitrogens is 6. The van der Waals surface area contributed by atoms with Crippen LogP contribution in [0.5, 0.6) is 0 Å². The van der Waals surface area contributed by atoms with Gasteiger partial charge >= 0.3 is 0 Å². The van der Waals surface area contributed by atoms with Crippen LogP contribution in [0.1, 0.15) is 36.1 Å². The Morgan fingerprint density at radius 1 is 0.500 bits per heavy atom. The number of anilines is 2. The van der Waals surface area contributed by atoms with Gasteiger partial charge in [-0.25, -0.2) is 18.7 Å². The molecular weight excluding hydrogens is 811 g/mol. The highest BCUT2D eigenvalue weighted by molar-refractivity contribution is 5.82. The van der Waals surface area contributed by atoms with Crippen LogP contribution in [0.2, 0.25) is 0 Å². The zero-order chi connectivity index (χ0) is 45.0. The van der Waals surface area contributed by atoms with Gasteiger partial charge in [-0.2, -0.15) is 0 Å². The lowest BCUT2D eigenvalue weighted by Gasteiger charge is -2.17. The van der Waals surface area contributed by atoms with E-state index >= 15 is 0 Å². The molecule has 6 N–H and O–H groups in total. The molecule has 324 valence electrons. The molecule has 12 nitrogen and oxygen atoms in total. The summed E-state index contributed by atoms with van der Waals surface area (Å²) in [6, 6.07) is 38.4. The molecule has 4 aromatic heterocycles. The van der Waals surface area contributed by atoms with Gasteiger partial charge in [-0.15, -0.1) is 0 Å². The van der Waals surface area contributed by atoms with E-state index in [1.54, 1.807) is 87.4 Å². The van der Waals surface area contributed by atoms with Crippen molar-refractivity contribution < 1.29 is 8.78 Å². The zero-order valence-electron chi connectivity index (χ0n) is 35.4. The number of hydrogen-bond donors (Lipinski definition) is 4. The molecule has 4 heterocycles. The Kier molecular flexibility index (Phi) is 14.5. The minimum Gasteiger partial charge on any atom is -0.355 e. The molecule has 0 saturated heterocycles. The quantitative estimate of drug-likeness (QED) is 0.0834. The lowest BCUT2D eigenvalue weighted by molar-refractivity contribution is 0.627. The molecular formula is C50H48F2N10O2. The smallest absolute Gasteiger partial charge is 0.263 e. The van der Waals surface area contributed by atoms with Crippen LogP contribution >= 0.6 is 0 Å². The molecule has 0 aliphatic carbocycles. The van der Waals surface area contributed by atoms with Crippen LogP contribution in [0.15, 0.2) is 168 Å². The topological polar surface area (TPSA) is 172 Å². The lowest BCUT2D eigenvalue weighted by Crippen LogP contribution is -2.26. The minimum atomic E-state index is -0.364. The number of rotatable bonds is 14. The number of hydrogen-bond acceptors (Lipinski definition) is 10. The van der Waals surface area contributed by atoms with Crippen molar-refractivity contribution in [2.75, 3.05) is 23.7 Å². The van der Waals surface area contributed by atoms with E-state index in [9.17, 15) is 18.4 Å². The van der Waals surface area contributed by atoms with Gasteiger partial charge in [0.15, 0.2) is 0 Å². The molecule has 0 saturated carbocycles. The van der Waals surface area contributed by atoms with Crippen LogP contribution in [-0.4, -0.2) is 42.2 Å². The second kappa shape index (κ2) is 20.9. The molecule has 0 aliphatic heterocycles. The number of benzene rings is 4. The fourth-order valence-electron chi connectivity index (χ4n) is 7.12. The van der Waals surface area contributed by atoms with Gasteiger partial charge in [-0.3, -0.25) is 28.7 Å². The average molecular weight is 859 g/mol. The SMILES string of the molecule is Cn1c(NCC[C@@H](N)c2ccccc2)nc(-c2ccncc2)c(-c2ccc(F)cc2)c1=O.Cn1c(NCC[C@H](N)c2ccccc2)nc(-c2ccncc2)c(-c2ccc(F)cc2)c1=O. The Bertz CT molecular complexity index is 2680. The first-order chi connectivity index (χ1) is 31.1. The van der Waals surface area contributed by atoms with Crippen LogP contribution in [0, 0.1) is 11.6 Å². The maximum atomic E-state index is 13.5. The number of nitrogens with two attached hydrogens (primary N) is 2. The molecule has 0 bridgehead atoms. The Balaban J connectivity index is 0.000000191. The van der Waals surface area contributed by atoms with Gasteiger partial charge in [0.2, 0.25) is 11.9 Å². The van der Waals surface area contributed by atoms with Crippen LogP contribution in [-0.2, 0) is 14.1 Å². The predicted octanol–water partition coefficient (Wildman–Crippen LogP) is 8.30. The van der Waals surface area contributed by atoms with Crippen molar-refractivity contribution in [1.82, 2.24) is 29.1 Å². The van der Waals surface area contributed by atoms with Crippen molar-refractivity contribution >= 4 is 11.9 Å².